The molecule has 0 spiro atoms. The van der Waals surface area contributed by atoms with Crippen LogP contribution in [0.4, 0.5) is 0 Å². The largest absolute Gasteiger partial charge is 0.390 e. The highest BCUT2D eigenvalue weighted by atomic mass is 16.3. The maximum absolute atomic E-state index is 12.3. The van der Waals surface area contributed by atoms with Crippen molar-refractivity contribution in [3.05, 3.63) is 23.0 Å². The standard InChI is InChI=1S/C15H23N5O2/c1-11-3-5-19(6-4-11)7-12(21)8-20-10-17-14-13(15(20)22)16-9-18(14)2/h9-12,21H,3-8H2,1-2H3. The van der Waals surface area contributed by atoms with Crippen LogP contribution in [0, 0.1) is 5.92 Å². The number of piperidine rings is 1. The number of likely N-dealkylation sites (tertiary alicyclic amines) is 1. The first-order valence-electron chi connectivity index (χ1n) is 7.81. The number of rotatable bonds is 4. The Kier molecular flexibility index (Phi) is 4.26. The summed E-state index contributed by atoms with van der Waals surface area (Å²) in [5.41, 5.74) is 0.724. The van der Waals surface area contributed by atoms with Crippen LogP contribution in [0.3, 0.4) is 0 Å². The number of aryl methyl sites for hydroxylation is 1. The molecule has 1 fully saturated rings. The lowest BCUT2D eigenvalue weighted by atomic mass is 9.99. The van der Waals surface area contributed by atoms with E-state index in [1.807, 2.05) is 0 Å². The van der Waals surface area contributed by atoms with Crippen molar-refractivity contribution in [3.8, 4) is 0 Å². The van der Waals surface area contributed by atoms with E-state index >= 15 is 0 Å². The van der Waals surface area contributed by atoms with Gasteiger partial charge in [0.1, 0.15) is 6.33 Å². The van der Waals surface area contributed by atoms with Gasteiger partial charge in [-0.1, -0.05) is 6.92 Å². The van der Waals surface area contributed by atoms with Crippen molar-refractivity contribution >= 4 is 11.2 Å². The number of hydrogen-bond acceptors (Lipinski definition) is 5. The molecular weight excluding hydrogens is 282 g/mol. The zero-order valence-corrected chi connectivity index (χ0v) is 13.1. The number of nitrogens with zero attached hydrogens (tertiary/aromatic N) is 5. The number of hydrogen-bond donors (Lipinski definition) is 1. The molecule has 1 unspecified atom stereocenters. The van der Waals surface area contributed by atoms with Gasteiger partial charge in [-0.15, -0.1) is 0 Å². The van der Waals surface area contributed by atoms with E-state index in [-0.39, 0.29) is 12.1 Å². The van der Waals surface area contributed by atoms with Crippen molar-refractivity contribution in [1.82, 2.24) is 24.0 Å². The first kappa shape index (κ1) is 15.2. The van der Waals surface area contributed by atoms with Crippen molar-refractivity contribution in [2.45, 2.75) is 32.4 Å². The molecule has 22 heavy (non-hydrogen) atoms. The summed E-state index contributed by atoms with van der Waals surface area (Å²) in [7, 11) is 1.80. The second-order valence-electron chi connectivity index (χ2n) is 6.37. The quantitative estimate of drug-likeness (QED) is 0.874. The molecule has 2 aromatic heterocycles. The summed E-state index contributed by atoms with van der Waals surface area (Å²) in [6.07, 6.45) is 4.85. The summed E-state index contributed by atoms with van der Waals surface area (Å²) in [6.45, 7) is 5.15. The number of aromatic nitrogens is 4. The van der Waals surface area contributed by atoms with Gasteiger partial charge in [0.25, 0.3) is 5.56 Å². The van der Waals surface area contributed by atoms with Crippen LogP contribution in [0.5, 0.6) is 0 Å². The summed E-state index contributed by atoms with van der Waals surface area (Å²) in [6, 6.07) is 0. The van der Waals surface area contributed by atoms with E-state index < -0.39 is 6.10 Å². The van der Waals surface area contributed by atoms with E-state index in [1.54, 1.807) is 17.9 Å². The zero-order chi connectivity index (χ0) is 15.7. The molecule has 120 valence electrons. The topological polar surface area (TPSA) is 76.2 Å². The summed E-state index contributed by atoms with van der Waals surface area (Å²) in [5, 5.41) is 10.3. The molecule has 1 aliphatic rings. The van der Waals surface area contributed by atoms with Crippen LogP contribution in [-0.2, 0) is 13.6 Å². The first-order chi connectivity index (χ1) is 10.5. The maximum atomic E-state index is 12.3. The molecule has 0 bridgehead atoms. The van der Waals surface area contributed by atoms with E-state index in [9.17, 15) is 9.90 Å². The van der Waals surface area contributed by atoms with Crippen LogP contribution in [-0.4, -0.2) is 54.8 Å². The van der Waals surface area contributed by atoms with Gasteiger partial charge >= 0.3 is 0 Å². The van der Waals surface area contributed by atoms with Gasteiger partial charge in [-0.2, -0.15) is 0 Å². The SMILES string of the molecule is CC1CCN(CC(O)Cn2cnc3c(ncn3C)c2=O)CC1. The Morgan fingerprint density at radius 3 is 2.73 bits per heavy atom. The van der Waals surface area contributed by atoms with Crippen molar-refractivity contribution in [3.63, 3.8) is 0 Å². The minimum atomic E-state index is -0.575. The summed E-state index contributed by atoms with van der Waals surface area (Å²) in [4.78, 5) is 22.9. The Morgan fingerprint density at radius 1 is 1.27 bits per heavy atom. The van der Waals surface area contributed by atoms with E-state index in [1.165, 1.54) is 23.7 Å². The van der Waals surface area contributed by atoms with Crippen LogP contribution in [0.15, 0.2) is 17.4 Å². The molecule has 0 radical (unpaired) electrons. The summed E-state index contributed by atoms with van der Waals surface area (Å²) < 4.78 is 3.17. The molecule has 0 aromatic carbocycles. The maximum Gasteiger partial charge on any atom is 0.281 e. The van der Waals surface area contributed by atoms with Gasteiger partial charge in [-0.05, 0) is 31.8 Å². The van der Waals surface area contributed by atoms with Gasteiger partial charge < -0.3 is 14.6 Å². The molecule has 0 aliphatic carbocycles. The predicted molar refractivity (Wildman–Crippen MR) is 83.6 cm³/mol. The number of fused-ring (bicyclic) bond motifs is 1. The van der Waals surface area contributed by atoms with Crippen LogP contribution < -0.4 is 5.56 Å². The highest BCUT2D eigenvalue weighted by Gasteiger charge is 2.19. The van der Waals surface area contributed by atoms with Crippen molar-refractivity contribution in [2.75, 3.05) is 19.6 Å². The molecule has 7 heteroatoms. The highest BCUT2D eigenvalue weighted by Crippen LogP contribution is 2.16. The van der Waals surface area contributed by atoms with E-state index in [4.69, 9.17) is 0 Å². The number of aliphatic hydroxyl groups excluding tert-OH is 1. The zero-order valence-electron chi connectivity index (χ0n) is 13.1. The molecule has 2 aromatic rings. The van der Waals surface area contributed by atoms with Gasteiger partial charge in [-0.25, -0.2) is 9.97 Å². The lowest BCUT2D eigenvalue weighted by Gasteiger charge is -2.31. The van der Waals surface area contributed by atoms with E-state index in [0.717, 1.165) is 19.0 Å². The number of aliphatic hydroxyl groups is 1. The fourth-order valence-electron chi connectivity index (χ4n) is 3.00. The lowest BCUT2D eigenvalue weighted by Crippen LogP contribution is -2.40. The van der Waals surface area contributed by atoms with Crippen molar-refractivity contribution in [2.24, 2.45) is 13.0 Å². The fourth-order valence-corrected chi connectivity index (χ4v) is 3.00. The molecule has 7 nitrogen and oxygen atoms in total. The predicted octanol–water partition coefficient (Wildman–Crippen LogP) is 0.223. The van der Waals surface area contributed by atoms with E-state index in [2.05, 4.69) is 21.8 Å². The smallest absolute Gasteiger partial charge is 0.281 e. The van der Waals surface area contributed by atoms with E-state index in [0.29, 0.717) is 17.7 Å². The Labute approximate surface area is 129 Å². The average Bonchev–Trinajstić information content (AvgIpc) is 2.87. The number of imidazole rings is 1. The Morgan fingerprint density at radius 2 is 2.00 bits per heavy atom. The minimum Gasteiger partial charge on any atom is -0.390 e. The molecule has 1 atom stereocenters. The number of β-amino-alcohol motifs (C(OH)–C–C–N with tert-alkyl or cyclic N) is 1. The molecular formula is C15H23N5O2. The highest BCUT2D eigenvalue weighted by molar-refractivity contribution is 5.68. The van der Waals surface area contributed by atoms with Crippen LogP contribution in [0.1, 0.15) is 19.8 Å². The van der Waals surface area contributed by atoms with Crippen molar-refractivity contribution in [1.29, 1.82) is 0 Å². The molecule has 0 amide bonds. The molecule has 0 saturated carbocycles. The lowest BCUT2D eigenvalue weighted by molar-refractivity contribution is 0.0793. The Hall–Kier alpha value is -1.73. The van der Waals surface area contributed by atoms with Gasteiger partial charge in [0.05, 0.1) is 19.0 Å². The monoisotopic (exact) mass is 305 g/mol. The molecule has 1 N–H and O–H groups in total. The Bertz CT molecular complexity index is 700. The van der Waals surface area contributed by atoms with Crippen LogP contribution >= 0.6 is 0 Å². The van der Waals surface area contributed by atoms with Gasteiger partial charge in [-0.3, -0.25) is 9.36 Å². The second-order valence-corrected chi connectivity index (χ2v) is 6.37. The Balaban J connectivity index is 1.67. The fraction of sp³-hybridized carbons (Fsp3) is 0.667. The summed E-state index contributed by atoms with van der Waals surface area (Å²) in [5.74, 6) is 0.770. The van der Waals surface area contributed by atoms with Gasteiger partial charge in [0.15, 0.2) is 11.2 Å². The minimum absolute atomic E-state index is 0.197. The van der Waals surface area contributed by atoms with Gasteiger partial charge in [0, 0.05) is 13.6 Å². The molecule has 1 aliphatic heterocycles. The third-order valence-electron chi connectivity index (χ3n) is 4.44. The van der Waals surface area contributed by atoms with Crippen LogP contribution in [0.25, 0.3) is 11.2 Å². The second kappa shape index (κ2) is 6.18. The first-order valence-corrected chi connectivity index (χ1v) is 7.81. The summed E-state index contributed by atoms with van der Waals surface area (Å²) >= 11 is 0. The molecule has 1 saturated heterocycles. The molecule has 3 rings (SSSR count). The third-order valence-corrected chi connectivity index (χ3v) is 4.44. The molecule has 3 heterocycles. The van der Waals surface area contributed by atoms with Crippen LogP contribution in [0.2, 0.25) is 0 Å². The van der Waals surface area contributed by atoms with Crippen molar-refractivity contribution < 1.29 is 5.11 Å². The average molecular weight is 305 g/mol. The third kappa shape index (κ3) is 3.05. The van der Waals surface area contributed by atoms with Gasteiger partial charge in [0.2, 0.25) is 0 Å². The normalized spacial score (nSPS) is 18.9.